The van der Waals surface area contributed by atoms with Crippen LogP contribution in [0.1, 0.15) is 42.5 Å². The lowest BCUT2D eigenvalue weighted by atomic mass is 9.78. The maximum atomic E-state index is 11.1. The van der Waals surface area contributed by atoms with Gasteiger partial charge in [0.1, 0.15) is 5.75 Å². The predicted octanol–water partition coefficient (Wildman–Crippen LogP) is 5.67. The molecule has 0 saturated carbocycles. The molecule has 0 amide bonds. The number of aryl methyl sites for hydroxylation is 1. The molecule has 4 heteroatoms. The van der Waals surface area contributed by atoms with Crippen molar-refractivity contribution in [1.82, 2.24) is 0 Å². The van der Waals surface area contributed by atoms with Gasteiger partial charge in [0.2, 0.25) is 0 Å². The molecule has 0 radical (unpaired) electrons. The first kappa shape index (κ1) is 23.6. The Morgan fingerprint density at radius 3 is 2.06 bits per heavy atom. The largest absolute Gasteiger partial charge is 0.494 e. The van der Waals surface area contributed by atoms with Gasteiger partial charge in [-0.1, -0.05) is 80.6 Å². The second-order valence-electron chi connectivity index (χ2n) is 8.55. The van der Waals surface area contributed by atoms with Crippen molar-refractivity contribution in [3.05, 3.63) is 101 Å². The van der Waals surface area contributed by atoms with E-state index in [0.29, 0.717) is 13.0 Å². The molecule has 0 unspecified atom stereocenters. The van der Waals surface area contributed by atoms with E-state index in [2.05, 4.69) is 50.2 Å². The molecular formula is C28H32O4. The first-order valence-electron chi connectivity index (χ1n) is 11.0. The molecule has 0 aliphatic heterocycles. The van der Waals surface area contributed by atoms with E-state index in [4.69, 9.17) is 14.6 Å². The van der Waals surface area contributed by atoms with E-state index < -0.39 is 12.1 Å². The minimum atomic E-state index is -0.939. The van der Waals surface area contributed by atoms with Crippen LogP contribution in [0.2, 0.25) is 0 Å². The van der Waals surface area contributed by atoms with Crippen molar-refractivity contribution < 1.29 is 19.4 Å². The van der Waals surface area contributed by atoms with Crippen LogP contribution in [-0.2, 0) is 27.8 Å². The van der Waals surface area contributed by atoms with Crippen LogP contribution in [0, 0.1) is 0 Å². The number of ether oxygens (including phenoxy) is 2. The highest BCUT2D eigenvalue weighted by Gasteiger charge is 2.22. The maximum absolute atomic E-state index is 11.1. The highest BCUT2D eigenvalue weighted by atomic mass is 16.5. The van der Waals surface area contributed by atoms with Gasteiger partial charge in [-0.15, -0.1) is 0 Å². The summed E-state index contributed by atoms with van der Waals surface area (Å²) in [7, 11) is 1.42. The van der Waals surface area contributed by atoms with Gasteiger partial charge >= 0.3 is 5.97 Å². The van der Waals surface area contributed by atoms with E-state index in [0.717, 1.165) is 24.2 Å². The highest BCUT2D eigenvalue weighted by Crippen LogP contribution is 2.32. The zero-order valence-corrected chi connectivity index (χ0v) is 19.1. The first-order valence-corrected chi connectivity index (χ1v) is 11.0. The second kappa shape index (κ2) is 11.0. The van der Waals surface area contributed by atoms with Gasteiger partial charge in [-0.3, -0.25) is 0 Å². The summed E-state index contributed by atoms with van der Waals surface area (Å²) >= 11 is 0. The Morgan fingerprint density at radius 2 is 1.47 bits per heavy atom. The van der Waals surface area contributed by atoms with Crippen LogP contribution in [-0.4, -0.2) is 30.9 Å². The van der Waals surface area contributed by atoms with Crippen molar-refractivity contribution in [3.8, 4) is 5.75 Å². The van der Waals surface area contributed by atoms with E-state index in [1.165, 1.54) is 23.8 Å². The Balaban J connectivity index is 1.46. The normalized spacial score (nSPS) is 12.3. The first-order chi connectivity index (χ1) is 15.4. The van der Waals surface area contributed by atoms with Gasteiger partial charge in [0, 0.05) is 18.9 Å². The lowest BCUT2D eigenvalue weighted by molar-refractivity contribution is -0.148. The lowest BCUT2D eigenvalue weighted by Gasteiger charge is -2.26. The predicted molar refractivity (Wildman–Crippen MR) is 127 cm³/mol. The Hall–Kier alpha value is -3.11. The molecule has 0 fully saturated rings. The molecule has 0 bridgehead atoms. The van der Waals surface area contributed by atoms with Gasteiger partial charge in [0.05, 0.1) is 6.61 Å². The summed E-state index contributed by atoms with van der Waals surface area (Å²) < 4.78 is 10.9. The molecule has 1 atom stereocenters. The number of hydrogen-bond acceptors (Lipinski definition) is 3. The molecule has 0 aliphatic carbocycles. The quantitative estimate of drug-likeness (QED) is 0.397. The van der Waals surface area contributed by atoms with Crippen molar-refractivity contribution in [1.29, 1.82) is 0 Å². The van der Waals surface area contributed by atoms with Crippen molar-refractivity contribution in [2.45, 2.75) is 44.6 Å². The summed E-state index contributed by atoms with van der Waals surface area (Å²) in [5.41, 5.74) is 4.66. The molecule has 0 spiro atoms. The molecule has 1 N–H and O–H groups in total. The fourth-order valence-corrected chi connectivity index (χ4v) is 3.78. The van der Waals surface area contributed by atoms with Gasteiger partial charge in [-0.25, -0.2) is 4.79 Å². The summed E-state index contributed by atoms with van der Waals surface area (Å²) in [6.07, 6.45) is 1.38. The van der Waals surface area contributed by atoms with E-state index >= 15 is 0 Å². The van der Waals surface area contributed by atoms with Crippen molar-refractivity contribution >= 4 is 5.97 Å². The van der Waals surface area contributed by atoms with Crippen LogP contribution in [0.3, 0.4) is 0 Å². The van der Waals surface area contributed by atoms with Gasteiger partial charge in [0.25, 0.3) is 0 Å². The number of benzene rings is 3. The summed E-state index contributed by atoms with van der Waals surface area (Å²) in [6, 6.07) is 26.9. The summed E-state index contributed by atoms with van der Waals surface area (Å²) in [4.78, 5) is 11.1. The van der Waals surface area contributed by atoms with Crippen molar-refractivity contribution in [2.24, 2.45) is 0 Å². The van der Waals surface area contributed by atoms with E-state index in [-0.39, 0.29) is 5.41 Å². The third kappa shape index (κ3) is 6.21. The average Bonchev–Trinajstić information content (AvgIpc) is 2.82. The van der Waals surface area contributed by atoms with Crippen LogP contribution in [0.25, 0.3) is 0 Å². The Kier molecular flexibility index (Phi) is 8.07. The third-order valence-electron chi connectivity index (χ3n) is 5.95. The Bertz CT molecular complexity index is 976. The van der Waals surface area contributed by atoms with Crippen LogP contribution in [0.4, 0.5) is 0 Å². The SMILES string of the molecule is CO[C@@H](Cc1ccc(CCCOc2ccc(C(C)(C)c3ccccc3)cc2)cc1)C(=O)O. The van der Waals surface area contributed by atoms with Crippen molar-refractivity contribution in [3.63, 3.8) is 0 Å². The Morgan fingerprint density at radius 1 is 0.875 bits per heavy atom. The van der Waals surface area contributed by atoms with Gasteiger partial charge in [-0.05, 0) is 47.2 Å². The Labute approximate surface area is 190 Å². The fraction of sp³-hybridized carbons (Fsp3) is 0.321. The topological polar surface area (TPSA) is 55.8 Å². The smallest absolute Gasteiger partial charge is 0.333 e. The molecule has 3 aromatic carbocycles. The van der Waals surface area contributed by atoms with Gasteiger partial charge in [0.15, 0.2) is 6.10 Å². The molecule has 0 saturated heterocycles. The lowest BCUT2D eigenvalue weighted by Crippen LogP contribution is -2.24. The minimum Gasteiger partial charge on any atom is -0.494 e. The molecule has 32 heavy (non-hydrogen) atoms. The van der Waals surface area contributed by atoms with E-state index in [9.17, 15) is 4.79 Å². The maximum Gasteiger partial charge on any atom is 0.333 e. The molecule has 168 valence electrons. The molecule has 0 aliphatic rings. The van der Waals surface area contributed by atoms with Gasteiger partial charge < -0.3 is 14.6 Å². The number of rotatable bonds is 11. The third-order valence-corrected chi connectivity index (χ3v) is 5.95. The second-order valence-corrected chi connectivity index (χ2v) is 8.55. The summed E-state index contributed by atoms with van der Waals surface area (Å²) in [5.74, 6) is -0.0578. The van der Waals surface area contributed by atoms with Crippen LogP contribution in [0.15, 0.2) is 78.9 Å². The highest BCUT2D eigenvalue weighted by molar-refractivity contribution is 5.72. The van der Waals surface area contributed by atoms with Crippen LogP contribution >= 0.6 is 0 Å². The number of carboxylic acids is 1. The number of carbonyl (C=O) groups is 1. The number of hydrogen-bond donors (Lipinski definition) is 1. The fourth-order valence-electron chi connectivity index (χ4n) is 3.78. The molecule has 4 nitrogen and oxygen atoms in total. The number of carboxylic acid groups (broad SMARTS) is 1. The monoisotopic (exact) mass is 432 g/mol. The molecule has 3 aromatic rings. The number of methoxy groups -OCH3 is 1. The van der Waals surface area contributed by atoms with E-state index in [1.54, 1.807) is 0 Å². The molecule has 3 rings (SSSR count). The standard InChI is InChI=1S/C28H32O4/c1-28(2,23-9-5-4-6-10-23)24-15-17-25(18-16-24)32-19-7-8-21-11-13-22(14-12-21)20-26(31-3)27(29)30/h4-6,9-18,26H,7-8,19-20H2,1-3H3,(H,29,30)/t26-/m0/s1. The zero-order valence-electron chi connectivity index (χ0n) is 19.1. The molecular weight excluding hydrogens is 400 g/mol. The molecule has 0 heterocycles. The minimum absolute atomic E-state index is 0.0559. The van der Waals surface area contributed by atoms with Crippen LogP contribution in [0.5, 0.6) is 5.75 Å². The summed E-state index contributed by atoms with van der Waals surface area (Å²) in [6.45, 7) is 5.12. The number of aliphatic carboxylic acids is 1. The average molecular weight is 433 g/mol. The van der Waals surface area contributed by atoms with Crippen molar-refractivity contribution in [2.75, 3.05) is 13.7 Å². The zero-order chi connectivity index (χ0) is 23.0. The van der Waals surface area contributed by atoms with Gasteiger partial charge in [-0.2, -0.15) is 0 Å². The summed E-state index contributed by atoms with van der Waals surface area (Å²) in [5, 5.41) is 9.09. The van der Waals surface area contributed by atoms with Crippen LogP contribution < -0.4 is 4.74 Å². The molecule has 0 aromatic heterocycles. The van der Waals surface area contributed by atoms with E-state index in [1.807, 2.05) is 42.5 Å².